The zero-order chi connectivity index (χ0) is 21.8. The second-order valence-electron chi connectivity index (χ2n) is 7.99. The summed E-state index contributed by atoms with van der Waals surface area (Å²) in [5, 5.41) is 3.56. The Labute approximate surface area is 188 Å². The number of carbonyl (C=O) groups is 1. The Morgan fingerprint density at radius 1 is 1.26 bits per heavy atom. The fraction of sp³-hybridized carbons (Fsp3) is 0.500. The number of nitrogens with one attached hydrogen (secondary N) is 1. The maximum absolute atomic E-state index is 12.8. The summed E-state index contributed by atoms with van der Waals surface area (Å²) in [6.07, 6.45) is 5.32. The van der Waals surface area contributed by atoms with Crippen molar-refractivity contribution in [1.82, 2.24) is 24.5 Å². The Bertz CT molecular complexity index is 1160. The molecule has 5 N–H and O–H groups in total. The molecular formula is C18H22ClN7O3S2. The van der Waals surface area contributed by atoms with Gasteiger partial charge in [0.2, 0.25) is 11.2 Å². The number of anilines is 2. The number of aryl methyl sites for hydroxylation is 1. The average molecular weight is 484 g/mol. The summed E-state index contributed by atoms with van der Waals surface area (Å²) < 4.78 is 21.8. The summed E-state index contributed by atoms with van der Waals surface area (Å²) in [5.41, 5.74) is 7.90. The van der Waals surface area contributed by atoms with Gasteiger partial charge in [-0.25, -0.2) is 9.97 Å². The molecule has 0 spiro atoms. The van der Waals surface area contributed by atoms with Crippen LogP contribution in [0.1, 0.15) is 42.3 Å². The van der Waals surface area contributed by atoms with Crippen LogP contribution in [0.3, 0.4) is 0 Å². The summed E-state index contributed by atoms with van der Waals surface area (Å²) in [7, 11) is -2.56. The van der Waals surface area contributed by atoms with Crippen LogP contribution in [0.15, 0.2) is 6.33 Å². The highest BCUT2D eigenvalue weighted by atomic mass is 35.5. The number of halogens is 1. The van der Waals surface area contributed by atoms with Crippen molar-refractivity contribution in [3.63, 3.8) is 0 Å². The molecule has 1 aliphatic carbocycles. The highest BCUT2D eigenvalue weighted by Gasteiger charge is 2.30. The fourth-order valence-corrected chi connectivity index (χ4v) is 7.32. The number of hydrogen-bond acceptors (Lipinski definition) is 9. The molecule has 0 unspecified atom stereocenters. The van der Waals surface area contributed by atoms with E-state index < -0.39 is 10.6 Å². The lowest BCUT2D eigenvalue weighted by atomic mass is 9.85. The van der Waals surface area contributed by atoms with Crippen molar-refractivity contribution in [3.05, 3.63) is 22.2 Å². The summed E-state index contributed by atoms with van der Waals surface area (Å²) >= 11 is 7.30. The van der Waals surface area contributed by atoms with Gasteiger partial charge in [0, 0.05) is 29.0 Å². The smallest absolute Gasteiger partial charge is 0.229 e. The average Bonchev–Trinajstić information content (AvgIpc) is 3.30. The minimum atomic E-state index is -2.56. The van der Waals surface area contributed by atoms with E-state index in [-0.39, 0.29) is 34.7 Å². The number of nitrogens with zero attached hydrogens (tertiary/aromatic N) is 5. The SMILES string of the molecule is Nc1nc(Cl)nc2c1ncn2C1CCC(C(=O)Nc2nc3c(s2)CS(O)(O)CC3)CC1. The third-order valence-corrected chi connectivity index (χ3v) is 8.89. The van der Waals surface area contributed by atoms with Crippen LogP contribution in [0.2, 0.25) is 5.28 Å². The Morgan fingerprint density at radius 3 is 2.81 bits per heavy atom. The quantitative estimate of drug-likeness (QED) is 0.411. The number of imidazole rings is 1. The Balaban J connectivity index is 1.23. The van der Waals surface area contributed by atoms with Crippen LogP contribution >= 0.6 is 33.5 Å². The summed E-state index contributed by atoms with van der Waals surface area (Å²) in [5.74, 6) is 0.690. The molecule has 0 saturated heterocycles. The molecule has 3 aromatic heterocycles. The minimum Gasteiger partial charge on any atom is -0.382 e. The molecule has 0 bridgehead atoms. The molecule has 13 heteroatoms. The number of fused-ring (bicyclic) bond motifs is 2. The molecular weight excluding hydrogens is 462 g/mol. The third-order valence-electron chi connectivity index (χ3n) is 5.92. The number of carbonyl (C=O) groups excluding carboxylic acids is 1. The first-order valence-corrected chi connectivity index (χ1v) is 13.1. The molecule has 3 aromatic rings. The van der Waals surface area contributed by atoms with Gasteiger partial charge in [0.1, 0.15) is 5.52 Å². The number of hydrogen-bond donors (Lipinski definition) is 4. The fourth-order valence-electron chi connectivity index (χ4n) is 4.29. The second kappa shape index (κ2) is 7.85. The Kier molecular flexibility index (Phi) is 5.29. The van der Waals surface area contributed by atoms with Crippen LogP contribution in [0.4, 0.5) is 10.9 Å². The molecule has 2 aliphatic rings. The first kappa shape index (κ1) is 20.9. The van der Waals surface area contributed by atoms with E-state index in [9.17, 15) is 13.9 Å². The number of aromatic nitrogens is 5. The van der Waals surface area contributed by atoms with E-state index in [4.69, 9.17) is 17.3 Å². The molecule has 0 radical (unpaired) electrons. The van der Waals surface area contributed by atoms with E-state index in [2.05, 4.69) is 25.3 Å². The van der Waals surface area contributed by atoms with Crippen LogP contribution in [-0.2, 0) is 17.0 Å². The summed E-state index contributed by atoms with van der Waals surface area (Å²) in [6.45, 7) is 0. The van der Waals surface area contributed by atoms with Crippen LogP contribution < -0.4 is 11.1 Å². The minimum absolute atomic E-state index is 0.0405. The number of rotatable bonds is 3. The van der Waals surface area contributed by atoms with E-state index in [1.807, 2.05) is 4.57 Å². The topological polar surface area (TPSA) is 152 Å². The molecule has 1 amide bonds. The van der Waals surface area contributed by atoms with Crippen molar-refractivity contribution >= 4 is 61.5 Å². The van der Waals surface area contributed by atoms with Gasteiger partial charge in [-0.2, -0.15) is 20.6 Å². The van der Waals surface area contributed by atoms with E-state index in [1.54, 1.807) is 6.33 Å². The van der Waals surface area contributed by atoms with Crippen molar-refractivity contribution in [2.24, 2.45) is 5.92 Å². The molecule has 10 nitrogen and oxygen atoms in total. The maximum Gasteiger partial charge on any atom is 0.229 e. The van der Waals surface area contributed by atoms with Gasteiger partial charge in [-0.1, -0.05) is 11.3 Å². The monoisotopic (exact) mass is 483 g/mol. The predicted molar refractivity (Wildman–Crippen MR) is 122 cm³/mol. The van der Waals surface area contributed by atoms with Crippen molar-refractivity contribution in [2.75, 3.05) is 16.8 Å². The van der Waals surface area contributed by atoms with Gasteiger partial charge in [0.25, 0.3) is 0 Å². The normalized spacial score (nSPS) is 24.0. The van der Waals surface area contributed by atoms with E-state index in [0.29, 0.717) is 28.5 Å². The predicted octanol–water partition coefficient (Wildman–Crippen LogP) is 3.70. The molecule has 31 heavy (non-hydrogen) atoms. The first-order valence-electron chi connectivity index (χ1n) is 9.97. The number of thiazole rings is 1. The Hall–Kier alpha value is -1.99. The third kappa shape index (κ3) is 4.10. The highest BCUT2D eigenvalue weighted by molar-refractivity contribution is 8.23. The highest BCUT2D eigenvalue weighted by Crippen LogP contribution is 2.49. The lowest BCUT2D eigenvalue weighted by Gasteiger charge is -2.34. The lowest BCUT2D eigenvalue weighted by molar-refractivity contribution is -0.121. The number of amides is 1. The first-order chi connectivity index (χ1) is 14.8. The molecule has 1 saturated carbocycles. The van der Waals surface area contributed by atoms with Crippen molar-refractivity contribution < 1.29 is 13.9 Å². The second-order valence-corrected chi connectivity index (χ2v) is 11.7. The van der Waals surface area contributed by atoms with Crippen molar-refractivity contribution in [3.8, 4) is 0 Å². The molecule has 1 fully saturated rings. The largest absolute Gasteiger partial charge is 0.382 e. The Morgan fingerprint density at radius 2 is 2.03 bits per heavy atom. The summed E-state index contributed by atoms with van der Waals surface area (Å²) in [4.78, 5) is 30.7. The van der Waals surface area contributed by atoms with Crippen molar-refractivity contribution in [2.45, 2.75) is 43.9 Å². The van der Waals surface area contributed by atoms with Gasteiger partial charge < -0.3 is 15.6 Å². The molecule has 4 heterocycles. The zero-order valence-electron chi connectivity index (χ0n) is 16.5. The van der Waals surface area contributed by atoms with Crippen LogP contribution in [-0.4, -0.2) is 45.3 Å². The van der Waals surface area contributed by atoms with Gasteiger partial charge in [-0.3, -0.25) is 13.9 Å². The van der Waals surface area contributed by atoms with E-state index in [1.165, 1.54) is 11.3 Å². The summed E-state index contributed by atoms with van der Waals surface area (Å²) in [6, 6.07) is 0.164. The lowest BCUT2D eigenvalue weighted by Crippen LogP contribution is -2.28. The molecule has 5 rings (SSSR count). The van der Waals surface area contributed by atoms with Gasteiger partial charge in [-0.05, 0) is 37.3 Å². The van der Waals surface area contributed by atoms with Gasteiger partial charge in [0.15, 0.2) is 16.6 Å². The van der Waals surface area contributed by atoms with E-state index in [0.717, 1.165) is 36.3 Å². The van der Waals surface area contributed by atoms with Crippen molar-refractivity contribution in [1.29, 1.82) is 0 Å². The van der Waals surface area contributed by atoms with Crippen LogP contribution in [0.5, 0.6) is 0 Å². The number of nitrogen functional groups attached to an aromatic ring is 1. The maximum atomic E-state index is 12.8. The molecule has 0 atom stereocenters. The molecule has 166 valence electrons. The zero-order valence-corrected chi connectivity index (χ0v) is 18.9. The van der Waals surface area contributed by atoms with Gasteiger partial charge in [-0.15, -0.1) is 0 Å². The number of nitrogens with two attached hydrogens (primary N) is 1. The standard InChI is InChI=1S/C18H22ClN7O3S2/c19-17-23-14(20)13-15(24-17)26(8-21-13)10-3-1-9(2-4-10)16(27)25-18-22-11-5-6-31(28,29)7-12(11)30-18/h8-10,28-29H,1-7H2,(H2,20,23,24)(H,22,25,27). The van der Waals surface area contributed by atoms with E-state index >= 15 is 0 Å². The van der Waals surface area contributed by atoms with Gasteiger partial charge in [0.05, 0.1) is 17.8 Å². The van der Waals surface area contributed by atoms with Gasteiger partial charge >= 0.3 is 0 Å². The van der Waals surface area contributed by atoms with Crippen LogP contribution in [0, 0.1) is 5.92 Å². The van der Waals surface area contributed by atoms with Crippen LogP contribution in [0.25, 0.3) is 11.2 Å². The molecule has 1 aliphatic heterocycles. The molecule has 0 aromatic carbocycles.